The number of hydrogen-bond donors (Lipinski definition) is 1. The number of nitrogens with zero attached hydrogens (tertiary/aromatic N) is 2. The van der Waals surface area contributed by atoms with Gasteiger partial charge in [0.1, 0.15) is 5.75 Å². The van der Waals surface area contributed by atoms with Gasteiger partial charge in [-0.05, 0) is 49.6 Å². The average Bonchev–Trinajstić information content (AvgIpc) is 2.98. The van der Waals surface area contributed by atoms with E-state index in [4.69, 9.17) is 4.74 Å². The Kier molecular flexibility index (Phi) is 5.37. The van der Waals surface area contributed by atoms with E-state index in [2.05, 4.69) is 10.4 Å². The van der Waals surface area contributed by atoms with Gasteiger partial charge in [-0.1, -0.05) is 6.07 Å². The number of carbonyl (C=O) groups excluding carboxylic acids is 1. The predicted octanol–water partition coefficient (Wildman–Crippen LogP) is 2.09. The van der Waals surface area contributed by atoms with Crippen LogP contribution in [0.25, 0.3) is 0 Å². The molecule has 0 spiro atoms. The molecule has 0 aliphatic rings. The van der Waals surface area contributed by atoms with Crippen molar-refractivity contribution in [3.8, 4) is 5.75 Å². The van der Waals surface area contributed by atoms with Gasteiger partial charge in [0.15, 0.2) is 6.61 Å². The first-order valence-corrected chi connectivity index (χ1v) is 7.09. The molecule has 1 aromatic heterocycles. The molecule has 0 aliphatic heterocycles. The standard InChI is InChI=1S/C16H21N3O2/c1-13-5-6-15(11-14(13)2)21-12-16(20)17-7-3-9-19-10-4-8-18-19/h4-6,8,10-11H,3,7,9,12H2,1-2H3,(H,17,20). The summed E-state index contributed by atoms with van der Waals surface area (Å²) in [4.78, 5) is 11.7. The third-order valence-corrected chi connectivity index (χ3v) is 3.29. The summed E-state index contributed by atoms with van der Waals surface area (Å²) >= 11 is 0. The molecule has 0 fully saturated rings. The molecule has 1 amide bonds. The zero-order valence-corrected chi connectivity index (χ0v) is 12.5. The Labute approximate surface area is 124 Å². The van der Waals surface area contributed by atoms with Crippen LogP contribution in [0.3, 0.4) is 0 Å². The molecule has 0 saturated heterocycles. The predicted molar refractivity (Wildman–Crippen MR) is 81.3 cm³/mol. The van der Waals surface area contributed by atoms with Crippen molar-refractivity contribution in [2.75, 3.05) is 13.2 Å². The van der Waals surface area contributed by atoms with Crippen molar-refractivity contribution in [1.82, 2.24) is 15.1 Å². The maximum atomic E-state index is 11.7. The Hall–Kier alpha value is -2.30. The number of carbonyl (C=O) groups is 1. The van der Waals surface area contributed by atoms with Crippen LogP contribution in [0.5, 0.6) is 5.75 Å². The highest BCUT2D eigenvalue weighted by molar-refractivity contribution is 5.77. The molecule has 0 bridgehead atoms. The lowest BCUT2D eigenvalue weighted by molar-refractivity contribution is -0.123. The van der Waals surface area contributed by atoms with Crippen LogP contribution in [-0.4, -0.2) is 28.8 Å². The summed E-state index contributed by atoms with van der Waals surface area (Å²) in [6.07, 6.45) is 4.50. The summed E-state index contributed by atoms with van der Waals surface area (Å²) in [5, 5.41) is 6.94. The van der Waals surface area contributed by atoms with Crippen molar-refractivity contribution < 1.29 is 9.53 Å². The van der Waals surface area contributed by atoms with Crippen LogP contribution in [0.2, 0.25) is 0 Å². The molecule has 21 heavy (non-hydrogen) atoms. The van der Waals surface area contributed by atoms with Crippen LogP contribution in [0.1, 0.15) is 17.5 Å². The molecule has 0 unspecified atom stereocenters. The lowest BCUT2D eigenvalue weighted by Gasteiger charge is -2.09. The van der Waals surface area contributed by atoms with Crippen LogP contribution in [0, 0.1) is 13.8 Å². The molecular formula is C16H21N3O2. The largest absolute Gasteiger partial charge is 0.484 e. The molecule has 0 aliphatic carbocycles. The third-order valence-electron chi connectivity index (χ3n) is 3.29. The van der Waals surface area contributed by atoms with E-state index >= 15 is 0 Å². The van der Waals surface area contributed by atoms with E-state index in [1.807, 2.05) is 49.0 Å². The smallest absolute Gasteiger partial charge is 0.257 e. The van der Waals surface area contributed by atoms with Crippen molar-refractivity contribution >= 4 is 5.91 Å². The molecule has 1 N–H and O–H groups in total. The van der Waals surface area contributed by atoms with Gasteiger partial charge in [-0.25, -0.2) is 0 Å². The summed E-state index contributed by atoms with van der Waals surface area (Å²) in [6.45, 7) is 5.54. The molecule has 2 rings (SSSR count). The summed E-state index contributed by atoms with van der Waals surface area (Å²) < 4.78 is 7.32. The van der Waals surface area contributed by atoms with Gasteiger partial charge in [-0.15, -0.1) is 0 Å². The fourth-order valence-corrected chi connectivity index (χ4v) is 1.91. The molecule has 1 heterocycles. The fraction of sp³-hybridized carbons (Fsp3) is 0.375. The highest BCUT2D eigenvalue weighted by atomic mass is 16.5. The number of hydrogen-bond acceptors (Lipinski definition) is 3. The van der Waals surface area contributed by atoms with Gasteiger partial charge in [0.05, 0.1) is 0 Å². The first kappa shape index (κ1) is 15.1. The first-order chi connectivity index (χ1) is 10.1. The lowest BCUT2D eigenvalue weighted by atomic mass is 10.1. The quantitative estimate of drug-likeness (QED) is 0.793. The summed E-state index contributed by atoms with van der Waals surface area (Å²) in [5.74, 6) is 0.624. The number of amides is 1. The minimum Gasteiger partial charge on any atom is -0.484 e. The van der Waals surface area contributed by atoms with Crippen molar-refractivity contribution in [1.29, 1.82) is 0 Å². The van der Waals surface area contributed by atoms with E-state index in [-0.39, 0.29) is 12.5 Å². The van der Waals surface area contributed by atoms with Crippen LogP contribution < -0.4 is 10.1 Å². The monoisotopic (exact) mass is 287 g/mol. The van der Waals surface area contributed by atoms with Gasteiger partial charge >= 0.3 is 0 Å². The van der Waals surface area contributed by atoms with Gasteiger partial charge in [0.25, 0.3) is 5.91 Å². The summed E-state index contributed by atoms with van der Waals surface area (Å²) in [7, 11) is 0. The first-order valence-electron chi connectivity index (χ1n) is 7.09. The lowest BCUT2D eigenvalue weighted by Crippen LogP contribution is -2.30. The van der Waals surface area contributed by atoms with E-state index in [9.17, 15) is 4.79 Å². The molecule has 1 aromatic carbocycles. The molecular weight excluding hydrogens is 266 g/mol. The van der Waals surface area contributed by atoms with Gasteiger partial charge < -0.3 is 10.1 Å². The summed E-state index contributed by atoms with van der Waals surface area (Å²) in [5.41, 5.74) is 2.37. The SMILES string of the molecule is Cc1ccc(OCC(=O)NCCCn2cccn2)cc1C. The van der Waals surface area contributed by atoms with Crippen LogP contribution >= 0.6 is 0 Å². The van der Waals surface area contributed by atoms with Crippen LogP contribution in [-0.2, 0) is 11.3 Å². The fourth-order valence-electron chi connectivity index (χ4n) is 1.91. The van der Waals surface area contributed by atoms with E-state index in [1.54, 1.807) is 6.20 Å². The molecule has 0 saturated carbocycles. The van der Waals surface area contributed by atoms with Crippen LogP contribution in [0.4, 0.5) is 0 Å². The van der Waals surface area contributed by atoms with Crippen molar-refractivity contribution in [2.24, 2.45) is 0 Å². The molecule has 5 heteroatoms. The normalized spacial score (nSPS) is 10.4. The summed E-state index contributed by atoms with van der Waals surface area (Å²) in [6, 6.07) is 7.70. The second-order valence-electron chi connectivity index (χ2n) is 5.01. The molecule has 0 atom stereocenters. The van der Waals surface area contributed by atoms with Gasteiger partial charge in [0, 0.05) is 25.5 Å². The molecule has 112 valence electrons. The van der Waals surface area contributed by atoms with Crippen molar-refractivity contribution in [3.05, 3.63) is 47.8 Å². The Morgan fingerprint density at radius 1 is 1.33 bits per heavy atom. The Balaban J connectivity index is 1.64. The minimum absolute atomic E-state index is 0.0459. The minimum atomic E-state index is -0.103. The highest BCUT2D eigenvalue weighted by Gasteiger charge is 2.03. The van der Waals surface area contributed by atoms with E-state index < -0.39 is 0 Å². The number of rotatable bonds is 7. The van der Waals surface area contributed by atoms with Gasteiger partial charge in [-0.3, -0.25) is 9.48 Å². The van der Waals surface area contributed by atoms with Crippen molar-refractivity contribution in [2.45, 2.75) is 26.8 Å². The maximum absolute atomic E-state index is 11.7. The number of benzene rings is 1. The third kappa shape index (κ3) is 4.95. The average molecular weight is 287 g/mol. The number of nitrogens with one attached hydrogen (secondary N) is 1. The zero-order valence-electron chi connectivity index (χ0n) is 12.5. The molecule has 5 nitrogen and oxygen atoms in total. The molecule has 2 aromatic rings. The zero-order chi connectivity index (χ0) is 15.1. The highest BCUT2D eigenvalue weighted by Crippen LogP contribution is 2.16. The topological polar surface area (TPSA) is 56.1 Å². The number of ether oxygens (including phenoxy) is 1. The van der Waals surface area contributed by atoms with E-state index in [0.29, 0.717) is 6.54 Å². The van der Waals surface area contributed by atoms with Crippen LogP contribution in [0.15, 0.2) is 36.7 Å². The maximum Gasteiger partial charge on any atom is 0.257 e. The Morgan fingerprint density at radius 2 is 2.19 bits per heavy atom. The van der Waals surface area contributed by atoms with E-state index in [1.165, 1.54) is 5.56 Å². The van der Waals surface area contributed by atoms with E-state index in [0.717, 1.165) is 24.3 Å². The Morgan fingerprint density at radius 3 is 2.90 bits per heavy atom. The second kappa shape index (κ2) is 7.47. The number of aromatic nitrogens is 2. The van der Waals surface area contributed by atoms with Gasteiger partial charge in [-0.2, -0.15) is 5.10 Å². The Bertz CT molecular complexity index is 579. The van der Waals surface area contributed by atoms with Gasteiger partial charge in [0.2, 0.25) is 0 Å². The molecule has 0 radical (unpaired) electrons. The van der Waals surface area contributed by atoms with Crippen molar-refractivity contribution in [3.63, 3.8) is 0 Å². The number of aryl methyl sites for hydroxylation is 3. The second-order valence-corrected chi connectivity index (χ2v) is 5.01.